The van der Waals surface area contributed by atoms with Crippen molar-refractivity contribution in [1.82, 2.24) is 5.32 Å². The highest BCUT2D eigenvalue weighted by molar-refractivity contribution is 5.96. The van der Waals surface area contributed by atoms with Crippen LogP contribution in [0.3, 0.4) is 0 Å². The van der Waals surface area contributed by atoms with Crippen molar-refractivity contribution < 1.29 is 9.63 Å². The second kappa shape index (κ2) is 6.43. The van der Waals surface area contributed by atoms with E-state index < -0.39 is 0 Å². The Balaban J connectivity index is 1.36. The van der Waals surface area contributed by atoms with E-state index >= 15 is 0 Å². The van der Waals surface area contributed by atoms with Crippen LogP contribution < -0.4 is 5.32 Å². The minimum absolute atomic E-state index is 0.0107. The fourth-order valence-electron chi connectivity index (χ4n) is 7.27. The molecule has 1 aliphatic heterocycles. The van der Waals surface area contributed by atoms with Gasteiger partial charge in [-0.15, -0.1) is 0 Å². The summed E-state index contributed by atoms with van der Waals surface area (Å²) >= 11 is 0. The Labute approximate surface area is 163 Å². The summed E-state index contributed by atoms with van der Waals surface area (Å²) in [7, 11) is 0. The van der Waals surface area contributed by atoms with Gasteiger partial charge in [-0.3, -0.25) is 4.79 Å². The van der Waals surface area contributed by atoms with E-state index in [1.54, 1.807) is 5.57 Å². The Morgan fingerprint density at radius 1 is 1.04 bits per heavy atom. The molecule has 1 N–H and O–H groups in total. The molecule has 0 aromatic rings. The summed E-state index contributed by atoms with van der Waals surface area (Å²) in [5.41, 5.74) is 3.05. The highest BCUT2D eigenvalue weighted by atomic mass is 16.6. The molecule has 4 nitrogen and oxygen atoms in total. The number of carbonyl (C=O) groups excluding carboxylic acids is 1. The van der Waals surface area contributed by atoms with E-state index in [2.05, 4.69) is 30.4 Å². The number of carbonyl (C=O) groups is 1. The minimum Gasteiger partial charge on any atom is -0.391 e. The molecule has 0 spiro atoms. The lowest BCUT2D eigenvalue weighted by atomic mass is 9.47. The van der Waals surface area contributed by atoms with E-state index in [9.17, 15) is 4.79 Å². The van der Waals surface area contributed by atoms with Crippen LogP contribution in [0.15, 0.2) is 16.8 Å². The second-order valence-corrected chi connectivity index (χ2v) is 10.2. The van der Waals surface area contributed by atoms with Crippen LogP contribution >= 0.6 is 0 Å². The van der Waals surface area contributed by atoms with Crippen molar-refractivity contribution in [1.29, 1.82) is 0 Å². The van der Waals surface area contributed by atoms with Crippen LogP contribution in [0.25, 0.3) is 0 Å². The van der Waals surface area contributed by atoms with Gasteiger partial charge in [0.05, 0.1) is 5.71 Å². The first-order chi connectivity index (χ1) is 13.0. The van der Waals surface area contributed by atoms with E-state index in [0.29, 0.717) is 17.1 Å². The van der Waals surface area contributed by atoms with Gasteiger partial charge in [0.25, 0.3) is 0 Å². The van der Waals surface area contributed by atoms with Crippen molar-refractivity contribution in [2.24, 2.45) is 33.7 Å². The molecule has 0 radical (unpaired) electrons. The van der Waals surface area contributed by atoms with Gasteiger partial charge in [-0.1, -0.05) is 24.6 Å². The zero-order valence-electron chi connectivity index (χ0n) is 16.9. The van der Waals surface area contributed by atoms with Crippen LogP contribution in [0.5, 0.6) is 0 Å². The lowest BCUT2D eigenvalue weighted by molar-refractivity contribution is -0.132. The maximum Gasteiger partial charge on any atom is 0.141 e. The smallest absolute Gasteiger partial charge is 0.141 e. The molecule has 27 heavy (non-hydrogen) atoms. The third-order valence-corrected chi connectivity index (χ3v) is 9.02. The highest BCUT2D eigenvalue weighted by Crippen LogP contribution is 2.64. The highest BCUT2D eigenvalue weighted by Gasteiger charge is 2.58. The number of Topliss-reactive ketones (excluding diaryl/α,β-unsaturated/α-hetero) is 1. The van der Waals surface area contributed by atoms with Crippen molar-refractivity contribution in [3.05, 3.63) is 11.6 Å². The molecule has 4 heteroatoms. The molecule has 0 aromatic carbocycles. The molecule has 1 heterocycles. The Morgan fingerprint density at radius 2 is 1.89 bits per heavy atom. The first kappa shape index (κ1) is 17.9. The van der Waals surface area contributed by atoms with Gasteiger partial charge in [-0.05, 0) is 80.7 Å². The molecule has 1 saturated heterocycles. The van der Waals surface area contributed by atoms with Gasteiger partial charge in [-0.2, -0.15) is 0 Å². The Bertz CT molecular complexity index is 692. The second-order valence-electron chi connectivity index (χ2n) is 10.2. The van der Waals surface area contributed by atoms with Gasteiger partial charge in [0.15, 0.2) is 0 Å². The monoisotopic (exact) mass is 370 g/mol. The largest absolute Gasteiger partial charge is 0.391 e. The zero-order chi connectivity index (χ0) is 18.6. The molecule has 6 atom stereocenters. The van der Waals surface area contributed by atoms with Crippen molar-refractivity contribution >= 4 is 11.5 Å². The summed E-state index contributed by atoms with van der Waals surface area (Å²) in [5.74, 6) is 2.68. The molecule has 4 aliphatic carbocycles. The van der Waals surface area contributed by atoms with Crippen LogP contribution in [0.1, 0.15) is 71.6 Å². The zero-order valence-corrected chi connectivity index (χ0v) is 16.9. The maximum absolute atomic E-state index is 12.5. The van der Waals surface area contributed by atoms with Crippen LogP contribution in [-0.2, 0) is 9.63 Å². The molecule has 4 unspecified atom stereocenters. The molecule has 4 fully saturated rings. The van der Waals surface area contributed by atoms with E-state index in [1.165, 1.54) is 25.7 Å². The van der Waals surface area contributed by atoms with Gasteiger partial charge in [0.2, 0.25) is 0 Å². The molecule has 0 aromatic heterocycles. The summed E-state index contributed by atoms with van der Waals surface area (Å²) in [6.07, 6.45) is 12.7. The number of ketones is 1. The number of nitrogens with zero attached hydrogens (tertiary/aromatic N) is 1. The van der Waals surface area contributed by atoms with Gasteiger partial charge in [0, 0.05) is 24.8 Å². The fraction of sp³-hybridized carbons (Fsp3) is 0.826. The standard InChI is InChI=1S/C23H34N2O2/c1-22-10-7-16(25-27-17-9-12-24-14-17)13-15(22)3-4-18-19-5-6-21(26)23(19,2)11-8-20(18)22/h13,17-20,24H,3-12,14H2,1-2H3/b25-16+/t17?,18?,19?,20?,22-,23-/m0/s1. The van der Waals surface area contributed by atoms with E-state index in [-0.39, 0.29) is 11.5 Å². The number of hydrogen-bond acceptors (Lipinski definition) is 4. The first-order valence-corrected chi connectivity index (χ1v) is 11.2. The molecule has 3 saturated carbocycles. The lowest BCUT2D eigenvalue weighted by Crippen LogP contribution is -2.50. The number of hydrogen-bond donors (Lipinski definition) is 1. The average molecular weight is 371 g/mol. The Hall–Kier alpha value is -1.16. The van der Waals surface area contributed by atoms with Crippen molar-refractivity contribution in [3.8, 4) is 0 Å². The van der Waals surface area contributed by atoms with E-state index in [0.717, 1.165) is 62.7 Å². The van der Waals surface area contributed by atoms with Crippen LogP contribution in [-0.4, -0.2) is 30.7 Å². The lowest BCUT2D eigenvalue weighted by Gasteiger charge is -2.57. The van der Waals surface area contributed by atoms with Crippen molar-refractivity contribution in [2.75, 3.05) is 13.1 Å². The molecule has 5 rings (SSSR count). The number of nitrogens with one attached hydrogen (secondary N) is 1. The Morgan fingerprint density at radius 3 is 2.70 bits per heavy atom. The van der Waals surface area contributed by atoms with E-state index in [1.807, 2.05) is 0 Å². The quantitative estimate of drug-likeness (QED) is 0.739. The number of fused-ring (bicyclic) bond motifs is 5. The predicted molar refractivity (Wildman–Crippen MR) is 107 cm³/mol. The summed E-state index contributed by atoms with van der Waals surface area (Å²) in [6, 6.07) is 0. The van der Waals surface area contributed by atoms with Gasteiger partial charge in [-0.25, -0.2) is 0 Å². The third kappa shape index (κ3) is 2.73. The number of rotatable bonds is 2. The molecule has 0 amide bonds. The molecule has 5 aliphatic rings. The van der Waals surface area contributed by atoms with Crippen LogP contribution in [0.2, 0.25) is 0 Å². The number of oxime groups is 1. The Kier molecular flexibility index (Phi) is 4.27. The summed E-state index contributed by atoms with van der Waals surface area (Å²) in [5, 5.41) is 7.85. The topological polar surface area (TPSA) is 50.7 Å². The van der Waals surface area contributed by atoms with Crippen LogP contribution in [0.4, 0.5) is 0 Å². The molecular formula is C23H34N2O2. The van der Waals surface area contributed by atoms with Crippen LogP contribution in [0, 0.1) is 28.6 Å². The molecular weight excluding hydrogens is 336 g/mol. The fourth-order valence-corrected chi connectivity index (χ4v) is 7.27. The molecule has 148 valence electrons. The number of allylic oxidation sites excluding steroid dienone is 2. The first-order valence-electron chi connectivity index (χ1n) is 11.2. The maximum atomic E-state index is 12.5. The van der Waals surface area contributed by atoms with Crippen molar-refractivity contribution in [2.45, 2.75) is 77.7 Å². The average Bonchev–Trinajstić information content (AvgIpc) is 3.28. The van der Waals surface area contributed by atoms with Crippen molar-refractivity contribution in [3.63, 3.8) is 0 Å². The van der Waals surface area contributed by atoms with Gasteiger partial charge >= 0.3 is 0 Å². The summed E-state index contributed by atoms with van der Waals surface area (Å²) in [6.45, 7) is 6.75. The van der Waals surface area contributed by atoms with E-state index in [4.69, 9.17) is 4.84 Å². The minimum atomic E-state index is -0.0107. The van der Waals surface area contributed by atoms with Gasteiger partial charge < -0.3 is 10.2 Å². The third-order valence-electron chi connectivity index (χ3n) is 9.02. The normalized spacial score (nSPS) is 48.0. The SMILES string of the molecule is C[C@]12CC/C(=N\OC3CCNC3)C=C1CCC1C2CC[C@]2(C)C(=O)CCC12. The van der Waals surface area contributed by atoms with Gasteiger partial charge in [0.1, 0.15) is 11.9 Å². The summed E-state index contributed by atoms with van der Waals surface area (Å²) in [4.78, 5) is 18.3. The molecule has 0 bridgehead atoms. The predicted octanol–water partition coefficient (Wildman–Crippen LogP) is 4.25. The summed E-state index contributed by atoms with van der Waals surface area (Å²) < 4.78 is 0.